The van der Waals surface area contributed by atoms with Crippen molar-refractivity contribution in [2.45, 2.75) is 6.54 Å². The second kappa shape index (κ2) is 8.73. The molecule has 0 spiro atoms. The van der Waals surface area contributed by atoms with E-state index in [0.717, 1.165) is 38.4 Å². The Morgan fingerprint density at radius 3 is 2.61 bits per heavy atom. The number of hydrogen-bond donors (Lipinski definition) is 1. The summed E-state index contributed by atoms with van der Waals surface area (Å²) in [6.07, 6.45) is 0. The maximum absolute atomic E-state index is 12.8. The normalized spacial score (nSPS) is 14.8. The summed E-state index contributed by atoms with van der Waals surface area (Å²) in [5.41, 5.74) is 2.65. The molecule has 7 heteroatoms. The van der Waals surface area contributed by atoms with Gasteiger partial charge in [0.25, 0.3) is 5.91 Å². The van der Waals surface area contributed by atoms with Gasteiger partial charge >= 0.3 is 0 Å². The smallest absolute Gasteiger partial charge is 0.273 e. The van der Waals surface area contributed by atoms with E-state index >= 15 is 0 Å². The molecule has 1 N–H and O–H groups in total. The number of carbonyl (C=O) groups excluding carboxylic acids is 1. The van der Waals surface area contributed by atoms with Crippen LogP contribution in [0.3, 0.4) is 0 Å². The largest absolute Gasteiger partial charge is 0.335 e. The van der Waals surface area contributed by atoms with Gasteiger partial charge in [0.2, 0.25) is 0 Å². The van der Waals surface area contributed by atoms with Gasteiger partial charge in [0.1, 0.15) is 5.69 Å². The van der Waals surface area contributed by atoms with Crippen LogP contribution in [0.2, 0.25) is 5.02 Å². The number of benzene rings is 2. The molecule has 28 heavy (non-hydrogen) atoms. The van der Waals surface area contributed by atoms with E-state index in [-0.39, 0.29) is 5.91 Å². The summed E-state index contributed by atoms with van der Waals surface area (Å²) < 4.78 is 0. The van der Waals surface area contributed by atoms with Crippen LogP contribution < -0.4 is 5.32 Å². The van der Waals surface area contributed by atoms with E-state index < -0.39 is 0 Å². The highest BCUT2D eigenvalue weighted by Gasteiger charge is 2.24. The summed E-state index contributed by atoms with van der Waals surface area (Å²) in [4.78, 5) is 21.5. The molecule has 0 unspecified atom stereocenters. The standard InChI is InChI=1S/C21H21ClN4OS/c22-17-7-4-8-18(13-17)23-21-24-19(15-28-21)20(27)26-11-9-25(10-12-26)14-16-5-2-1-3-6-16/h1-8,13,15H,9-12,14H2,(H,23,24). The fraction of sp³-hybridized carbons (Fsp3) is 0.238. The molecule has 0 saturated carbocycles. The lowest BCUT2D eigenvalue weighted by molar-refractivity contribution is 0.0623. The fourth-order valence-corrected chi connectivity index (χ4v) is 4.13. The fourth-order valence-electron chi connectivity index (χ4n) is 3.23. The van der Waals surface area contributed by atoms with Crippen LogP contribution in [0.5, 0.6) is 0 Å². The molecule has 1 saturated heterocycles. The van der Waals surface area contributed by atoms with Gasteiger partial charge in [-0.1, -0.05) is 48.0 Å². The molecule has 1 amide bonds. The minimum absolute atomic E-state index is 0.00486. The van der Waals surface area contributed by atoms with Crippen molar-refractivity contribution in [2.24, 2.45) is 0 Å². The van der Waals surface area contributed by atoms with Gasteiger partial charge in [0.15, 0.2) is 5.13 Å². The predicted molar refractivity (Wildman–Crippen MR) is 114 cm³/mol. The van der Waals surface area contributed by atoms with Gasteiger partial charge in [-0.3, -0.25) is 9.69 Å². The molecule has 144 valence electrons. The average molecular weight is 413 g/mol. The number of nitrogens with one attached hydrogen (secondary N) is 1. The number of carbonyl (C=O) groups is 1. The summed E-state index contributed by atoms with van der Waals surface area (Å²) in [6, 6.07) is 17.9. The monoisotopic (exact) mass is 412 g/mol. The number of amides is 1. The van der Waals surface area contributed by atoms with Crippen LogP contribution >= 0.6 is 22.9 Å². The minimum atomic E-state index is -0.00486. The first-order chi connectivity index (χ1) is 13.7. The SMILES string of the molecule is O=C(c1csc(Nc2cccc(Cl)c2)n1)N1CCN(Cc2ccccc2)CC1. The van der Waals surface area contributed by atoms with Crippen LogP contribution in [-0.4, -0.2) is 46.9 Å². The van der Waals surface area contributed by atoms with E-state index in [0.29, 0.717) is 15.8 Å². The van der Waals surface area contributed by atoms with Crippen molar-refractivity contribution in [1.29, 1.82) is 0 Å². The number of anilines is 2. The Bertz CT molecular complexity index is 938. The van der Waals surface area contributed by atoms with Crippen molar-refractivity contribution < 1.29 is 4.79 Å². The van der Waals surface area contributed by atoms with E-state index in [1.807, 2.05) is 40.6 Å². The molecular weight excluding hydrogens is 392 g/mol. The predicted octanol–water partition coefficient (Wildman–Crippen LogP) is 4.50. The Hall–Kier alpha value is -2.41. The first-order valence-electron chi connectivity index (χ1n) is 9.21. The van der Waals surface area contributed by atoms with Gasteiger partial charge in [-0.25, -0.2) is 4.98 Å². The molecule has 0 radical (unpaired) electrons. The minimum Gasteiger partial charge on any atom is -0.335 e. The third-order valence-electron chi connectivity index (χ3n) is 4.71. The Balaban J connectivity index is 1.32. The zero-order valence-corrected chi connectivity index (χ0v) is 16.9. The highest BCUT2D eigenvalue weighted by molar-refractivity contribution is 7.14. The van der Waals surface area contributed by atoms with Crippen LogP contribution in [0.1, 0.15) is 16.1 Å². The van der Waals surface area contributed by atoms with Crippen LogP contribution in [-0.2, 0) is 6.54 Å². The van der Waals surface area contributed by atoms with Gasteiger partial charge in [-0.05, 0) is 23.8 Å². The number of rotatable bonds is 5. The molecular formula is C21H21ClN4OS. The van der Waals surface area contributed by atoms with Crippen molar-refractivity contribution in [3.05, 3.63) is 76.3 Å². The molecule has 1 fully saturated rings. The number of hydrogen-bond acceptors (Lipinski definition) is 5. The number of aromatic nitrogens is 1. The number of piperazine rings is 1. The molecule has 1 aliphatic rings. The summed E-state index contributed by atoms with van der Waals surface area (Å²) in [6.45, 7) is 4.12. The van der Waals surface area contributed by atoms with E-state index in [1.54, 1.807) is 0 Å². The van der Waals surface area contributed by atoms with Gasteiger partial charge in [0, 0.05) is 48.8 Å². The van der Waals surface area contributed by atoms with Crippen molar-refractivity contribution in [3.63, 3.8) is 0 Å². The first-order valence-corrected chi connectivity index (χ1v) is 10.5. The summed E-state index contributed by atoms with van der Waals surface area (Å²) in [5.74, 6) is -0.00486. The summed E-state index contributed by atoms with van der Waals surface area (Å²) in [5, 5.41) is 6.36. The Labute approximate surface area is 173 Å². The zero-order valence-electron chi connectivity index (χ0n) is 15.3. The third kappa shape index (κ3) is 4.70. The van der Waals surface area contributed by atoms with Crippen molar-refractivity contribution in [3.8, 4) is 0 Å². The Kier molecular flexibility index (Phi) is 5.90. The van der Waals surface area contributed by atoms with E-state index in [2.05, 4.69) is 39.5 Å². The van der Waals surface area contributed by atoms with Crippen LogP contribution in [0.15, 0.2) is 60.0 Å². The quantitative estimate of drug-likeness (QED) is 0.670. The van der Waals surface area contributed by atoms with Gasteiger partial charge in [-0.2, -0.15) is 0 Å². The maximum atomic E-state index is 12.8. The number of halogens is 1. The lowest BCUT2D eigenvalue weighted by Crippen LogP contribution is -2.48. The second-order valence-electron chi connectivity index (χ2n) is 6.73. The summed E-state index contributed by atoms with van der Waals surface area (Å²) >= 11 is 7.43. The lowest BCUT2D eigenvalue weighted by atomic mass is 10.2. The molecule has 0 aliphatic carbocycles. The molecule has 1 aliphatic heterocycles. The van der Waals surface area contributed by atoms with Crippen LogP contribution in [0, 0.1) is 0 Å². The van der Waals surface area contributed by atoms with Gasteiger partial charge in [-0.15, -0.1) is 11.3 Å². The lowest BCUT2D eigenvalue weighted by Gasteiger charge is -2.34. The van der Waals surface area contributed by atoms with Crippen LogP contribution in [0.25, 0.3) is 0 Å². The van der Waals surface area contributed by atoms with E-state index in [9.17, 15) is 4.79 Å². The number of nitrogens with zero attached hydrogens (tertiary/aromatic N) is 3. The van der Waals surface area contributed by atoms with Crippen LogP contribution in [0.4, 0.5) is 10.8 Å². The number of thiazole rings is 1. The second-order valence-corrected chi connectivity index (χ2v) is 8.02. The highest BCUT2D eigenvalue weighted by atomic mass is 35.5. The molecule has 2 aromatic carbocycles. The van der Waals surface area contributed by atoms with Crippen molar-refractivity contribution in [2.75, 3.05) is 31.5 Å². The van der Waals surface area contributed by atoms with Gasteiger partial charge < -0.3 is 10.2 Å². The molecule has 5 nitrogen and oxygen atoms in total. The summed E-state index contributed by atoms with van der Waals surface area (Å²) in [7, 11) is 0. The Morgan fingerprint density at radius 2 is 1.86 bits per heavy atom. The average Bonchev–Trinajstić information content (AvgIpc) is 3.17. The molecule has 0 bridgehead atoms. The highest BCUT2D eigenvalue weighted by Crippen LogP contribution is 2.24. The molecule has 0 atom stereocenters. The molecule has 4 rings (SSSR count). The molecule has 2 heterocycles. The van der Waals surface area contributed by atoms with Gasteiger partial charge in [0.05, 0.1) is 0 Å². The van der Waals surface area contributed by atoms with Crippen molar-refractivity contribution in [1.82, 2.24) is 14.8 Å². The zero-order chi connectivity index (χ0) is 19.3. The Morgan fingerprint density at radius 1 is 1.07 bits per heavy atom. The first kappa shape index (κ1) is 18.9. The van der Waals surface area contributed by atoms with Crippen molar-refractivity contribution >= 4 is 39.7 Å². The van der Waals surface area contributed by atoms with E-state index in [4.69, 9.17) is 11.6 Å². The molecule has 1 aromatic heterocycles. The third-order valence-corrected chi connectivity index (χ3v) is 5.70. The maximum Gasteiger partial charge on any atom is 0.273 e. The molecule has 3 aromatic rings. The van der Waals surface area contributed by atoms with E-state index in [1.165, 1.54) is 16.9 Å². The topological polar surface area (TPSA) is 48.5 Å².